The van der Waals surface area contributed by atoms with Gasteiger partial charge in [-0.05, 0) is 52.0 Å². The molecule has 1 aromatic heterocycles. The molecule has 0 aliphatic rings. The van der Waals surface area contributed by atoms with E-state index in [4.69, 9.17) is 4.74 Å². The Kier molecular flexibility index (Phi) is 5.55. The Labute approximate surface area is 169 Å². The summed E-state index contributed by atoms with van der Waals surface area (Å²) in [5.74, 6) is -0.600. The summed E-state index contributed by atoms with van der Waals surface area (Å²) < 4.78 is 12.1. The van der Waals surface area contributed by atoms with Crippen LogP contribution in [0.15, 0.2) is 36.4 Å². The number of rotatable bonds is 6. The second-order valence-electron chi connectivity index (χ2n) is 6.97. The SMILES string of the molecule is COC(=O)COc1cc2c(C(C)=O)c(C)n(-c3ccc(C)cc3)c2cc1C(C)=O. The molecule has 0 spiro atoms. The Bertz CT molecular complexity index is 1120. The highest BCUT2D eigenvalue weighted by atomic mass is 16.6. The fourth-order valence-electron chi connectivity index (χ4n) is 3.50. The number of fused-ring (bicyclic) bond motifs is 1. The summed E-state index contributed by atoms with van der Waals surface area (Å²) in [4.78, 5) is 36.2. The maximum absolute atomic E-state index is 12.4. The van der Waals surface area contributed by atoms with Crippen molar-refractivity contribution in [3.05, 3.63) is 58.8 Å². The van der Waals surface area contributed by atoms with Crippen molar-refractivity contribution in [3.63, 3.8) is 0 Å². The molecule has 0 saturated carbocycles. The first kappa shape index (κ1) is 20.3. The third-order valence-electron chi connectivity index (χ3n) is 4.90. The van der Waals surface area contributed by atoms with Crippen LogP contribution in [-0.4, -0.2) is 35.8 Å². The molecule has 29 heavy (non-hydrogen) atoms. The van der Waals surface area contributed by atoms with Crippen molar-refractivity contribution in [2.45, 2.75) is 27.7 Å². The van der Waals surface area contributed by atoms with Gasteiger partial charge in [-0.3, -0.25) is 9.59 Å². The van der Waals surface area contributed by atoms with E-state index in [-0.39, 0.29) is 23.9 Å². The van der Waals surface area contributed by atoms with Crippen molar-refractivity contribution in [3.8, 4) is 11.4 Å². The van der Waals surface area contributed by atoms with Crippen molar-refractivity contribution >= 4 is 28.4 Å². The van der Waals surface area contributed by atoms with Crippen LogP contribution in [0.5, 0.6) is 5.75 Å². The number of carbonyl (C=O) groups excluding carboxylic acids is 3. The lowest BCUT2D eigenvalue weighted by atomic mass is 10.0. The Balaban J connectivity index is 2.30. The normalized spacial score (nSPS) is 10.8. The van der Waals surface area contributed by atoms with E-state index in [9.17, 15) is 14.4 Å². The second kappa shape index (κ2) is 7.91. The zero-order valence-corrected chi connectivity index (χ0v) is 17.2. The number of hydrogen-bond acceptors (Lipinski definition) is 5. The van der Waals surface area contributed by atoms with Gasteiger partial charge in [0.25, 0.3) is 0 Å². The molecule has 0 fully saturated rings. The van der Waals surface area contributed by atoms with Gasteiger partial charge >= 0.3 is 5.97 Å². The van der Waals surface area contributed by atoms with E-state index in [1.165, 1.54) is 21.0 Å². The maximum atomic E-state index is 12.4. The van der Waals surface area contributed by atoms with E-state index in [2.05, 4.69) is 4.74 Å². The molecule has 0 unspecified atom stereocenters. The number of methoxy groups -OCH3 is 1. The zero-order valence-electron chi connectivity index (χ0n) is 17.2. The third-order valence-corrected chi connectivity index (χ3v) is 4.90. The molecule has 6 heteroatoms. The Hall–Kier alpha value is -3.41. The quantitative estimate of drug-likeness (QED) is 0.463. The first-order valence-electron chi connectivity index (χ1n) is 9.22. The van der Waals surface area contributed by atoms with Gasteiger partial charge in [0.05, 0.1) is 18.2 Å². The molecule has 0 N–H and O–H groups in total. The minimum Gasteiger partial charge on any atom is -0.481 e. The molecule has 1 heterocycles. The van der Waals surface area contributed by atoms with Crippen molar-refractivity contribution in [2.24, 2.45) is 0 Å². The van der Waals surface area contributed by atoms with Gasteiger partial charge in [0.15, 0.2) is 18.2 Å². The van der Waals surface area contributed by atoms with Gasteiger partial charge in [-0.25, -0.2) is 4.79 Å². The number of nitrogens with zero attached hydrogens (tertiary/aromatic N) is 1. The van der Waals surface area contributed by atoms with Crippen molar-refractivity contribution in [2.75, 3.05) is 13.7 Å². The number of aromatic nitrogens is 1. The van der Waals surface area contributed by atoms with Crippen LogP contribution in [0.1, 0.15) is 45.8 Å². The molecule has 3 rings (SSSR count). The lowest BCUT2D eigenvalue weighted by Crippen LogP contribution is -2.14. The number of aryl methyl sites for hydroxylation is 1. The Morgan fingerprint density at radius 2 is 1.62 bits per heavy atom. The van der Waals surface area contributed by atoms with Crippen LogP contribution in [0, 0.1) is 13.8 Å². The molecule has 2 aromatic carbocycles. The van der Waals surface area contributed by atoms with E-state index in [1.807, 2.05) is 42.7 Å². The Morgan fingerprint density at radius 3 is 2.17 bits per heavy atom. The molecule has 0 saturated heterocycles. The van der Waals surface area contributed by atoms with E-state index in [0.29, 0.717) is 16.5 Å². The molecule has 150 valence electrons. The molecule has 0 aliphatic carbocycles. The minimum atomic E-state index is -0.556. The predicted octanol–water partition coefficient (Wildman–Crippen LogP) is 4.20. The lowest BCUT2D eigenvalue weighted by molar-refractivity contribution is -0.142. The minimum absolute atomic E-state index is 0.0899. The highest BCUT2D eigenvalue weighted by Gasteiger charge is 2.22. The number of hydrogen-bond donors (Lipinski definition) is 0. The molecule has 0 atom stereocenters. The monoisotopic (exact) mass is 393 g/mol. The maximum Gasteiger partial charge on any atom is 0.343 e. The second-order valence-corrected chi connectivity index (χ2v) is 6.97. The summed E-state index contributed by atoms with van der Waals surface area (Å²) in [5.41, 5.74) is 4.41. The lowest BCUT2D eigenvalue weighted by Gasteiger charge is -2.12. The first-order chi connectivity index (χ1) is 13.7. The summed E-state index contributed by atoms with van der Waals surface area (Å²) in [6.45, 7) is 6.50. The van der Waals surface area contributed by atoms with Gasteiger partial charge in [-0.15, -0.1) is 0 Å². The molecule has 3 aromatic rings. The van der Waals surface area contributed by atoms with Gasteiger partial charge in [-0.1, -0.05) is 17.7 Å². The van der Waals surface area contributed by atoms with Gasteiger partial charge in [0, 0.05) is 22.3 Å². The Morgan fingerprint density at radius 1 is 0.966 bits per heavy atom. The third kappa shape index (κ3) is 3.78. The number of esters is 1. The molecule has 6 nitrogen and oxygen atoms in total. The standard InChI is InChI=1S/C23H23NO5/c1-13-6-8-17(9-7-13)24-14(2)23(16(4)26)19-11-21(29-12-22(27)28-5)18(15(3)25)10-20(19)24/h6-11H,12H2,1-5H3. The fourth-order valence-corrected chi connectivity index (χ4v) is 3.50. The molecule has 0 bridgehead atoms. The van der Waals surface area contributed by atoms with E-state index in [0.717, 1.165) is 22.5 Å². The van der Waals surface area contributed by atoms with Gasteiger partial charge in [-0.2, -0.15) is 0 Å². The number of ketones is 2. The van der Waals surface area contributed by atoms with Crippen LogP contribution < -0.4 is 4.74 Å². The van der Waals surface area contributed by atoms with E-state index < -0.39 is 5.97 Å². The van der Waals surface area contributed by atoms with Crippen molar-refractivity contribution < 1.29 is 23.9 Å². The largest absolute Gasteiger partial charge is 0.481 e. The summed E-state index contributed by atoms with van der Waals surface area (Å²) in [7, 11) is 1.26. The highest BCUT2D eigenvalue weighted by Crippen LogP contribution is 2.35. The topological polar surface area (TPSA) is 74.6 Å². The smallest absolute Gasteiger partial charge is 0.343 e. The van der Waals surface area contributed by atoms with Crippen LogP contribution >= 0.6 is 0 Å². The van der Waals surface area contributed by atoms with E-state index >= 15 is 0 Å². The molecule has 0 aliphatic heterocycles. The number of ether oxygens (including phenoxy) is 2. The van der Waals surface area contributed by atoms with Crippen LogP contribution in [0.2, 0.25) is 0 Å². The van der Waals surface area contributed by atoms with Crippen molar-refractivity contribution in [1.29, 1.82) is 0 Å². The molecular formula is C23H23NO5. The van der Waals surface area contributed by atoms with Crippen LogP contribution in [-0.2, 0) is 9.53 Å². The number of benzene rings is 2. The van der Waals surface area contributed by atoms with Gasteiger partial charge < -0.3 is 14.0 Å². The van der Waals surface area contributed by atoms with Crippen LogP contribution in [0.25, 0.3) is 16.6 Å². The first-order valence-corrected chi connectivity index (χ1v) is 9.22. The van der Waals surface area contributed by atoms with Crippen LogP contribution in [0.3, 0.4) is 0 Å². The summed E-state index contributed by atoms with van der Waals surface area (Å²) in [5, 5.41) is 0.667. The van der Waals surface area contributed by atoms with Gasteiger partial charge in [0.1, 0.15) is 5.75 Å². The average molecular weight is 393 g/mol. The van der Waals surface area contributed by atoms with Crippen molar-refractivity contribution in [1.82, 2.24) is 4.57 Å². The summed E-state index contributed by atoms with van der Waals surface area (Å²) in [6, 6.07) is 11.3. The fraction of sp³-hybridized carbons (Fsp3) is 0.261. The highest BCUT2D eigenvalue weighted by molar-refractivity contribution is 6.11. The number of Topliss-reactive ketones (excluding diaryl/α,β-unsaturated/α-hetero) is 2. The predicted molar refractivity (Wildman–Crippen MR) is 110 cm³/mol. The summed E-state index contributed by atoms with van der Waals surface area (Å²) in [6.07, 6.45) is 0. The van der Waals surface area contributed by atoms with E-state index in [1.54, 1.807) is 12.1 Å². The summed E-state index contributed by atoms with van der Waals surface area (Å²) >= 11 is 0. The molecule has 0 amide bonds. The van der Waals surface area contributed by atoms with Crippen LogP contribution in [0.4, 0.5) is 0 Å². The molecular weight excluding hydrogens is 370 g/mol. The zero-order chi connectivity index (χ0) is 21.3. The number of carbonyl (C=O) groups is 3. The van der Waals surface area contributed by atoms with Gasteiger partial charge in [0.2, 0.25) is 0 Å². The molecule has 0 radical (unpaired) electrons. The average Bonchev–Trinajstić information content (AvgIpc) is 2.96.